The van der Waals surface area contributed by atoms with Crippen LogP contribution in [0, 0.1) is 10.1 Å². The largest absolute Gasteiger partial charge is 0.378 e. The molecule has 10 nitrogen and oxygen atoms in total. The lowest BCUT2D eigenvalue weighted by molar-refractivity contribution is -0.384. The lowest BCUT2D eigenvalue weighted by Gasteiger charge is -2.29. The standard InChI is InChI=1S/C30H24N4O6S/c35-30(23-17-21-3-1-2-4-28(21)31-19-23)12-5-22-20-33(41(38,39)26-9-6-24(7-10-26)34(36)37)29-11-8-25(18-27(22)29)32-13-15-40-16-14-32/h1-12,17-20H,13-16H2/b12-5+. The van der Waals surface area contributed by atoms with Crippen LogP contribution in [0.5, 0.6) is 0 Å². The van der Waals surface area contributed by atoms with Gasteiger partial charge in [0.2, 0.25) is 0 Å². The van der Waals surface area contributed by atoms with E-state index in [4.69, 9.17) is 4.74 Å². The first kappa shape index (κ1) is 26.4. The number of non-ortho nitro benzene ring substituents is 1. The third kappa shape index (κ3) is 5.08. The first-order chi connectivity index (χ1) is 19.8. The molecule has 3 aromatic carbocycles. The maximum atomic E-state index is 13.7. The number of nitrogens with zero attached hydrogens (tertiary/aromatic N) is 4. The predicted octanol–water partition coefficient (Wildman–Crippen LogP) is 5.07. The number of ketones is 1. The van der Waals surface area contributed by atoms with Gasteiger partial charge in [0.1, 0.15) is 0 Å². The van der Waals surface area contributed by atoms with Crippen LogP contribution in [0.3, 0.4) is 0 Å². The third-order valence-corrected chi connectivity index (χ3v) is 8.74. The molecule has 0 spiro atoms. The van der Waals surface area contributed by atoms with Gasteiger partial charge in [0, 0.05) is 65.2 Å². The normalized spacial score (nSPS) is 14.2. The van der Waals surface area contributed by atoms with E-state index in [1.807, 2.05) is 36.4 Å². The van der Waals surface area contributed by atoms with Crippen molar-refractivity contribution in [1.82, 2.24) is 8.96 Å². The van der Waals surface area contributed by atoms with E-state index >= 15 is 0 Å². The molecule has 0 aliphatic carbocycles. The molecule has 0 atom stereocenters. The van der Waals surface area contributed by atoms with Gasteiger partial charge < -0.3 is 9.64 Å². The number of pyridine rings is 1. The van der Waals surface area contributed by atoms with Crippen LogP contribution in [0.4, 0.5) is 11.4 Å². The average molecular weight is 569 g/mol. The van der Waals surface area contributed by atoms with E-state index in [1.165, 1.54) is 30.6 Å². The number of rotatable bonds is 7. The summed E-state index contributed by atoms with van der Waals surface area (Å²) in [5, 5.41) is 12.5. The second-order valence-electron chi connectivity index (χ2n) is 9.55. The van der Waals surface area contributed by atoms with Crippen molar-refractivity contribution in [3.8, 4) is 0 Å². The lowest BCUT2D eigenvalue weighted by atomic mass is 10.1. The molecule has 0 saturated carbocycles. The Morgan fingerprint density at radius 2 is 1.76 bits per heavy atom. The number of aromatic nitrogens is 2. The summed E-state index contributed by atoms with van der Waals surface area (Å²) in [6.45, 7) is 2.58. The fourth-order valence-corrected chi connectivity index (χ4v) is 6.26. The van der Waals surface area contributed by atoms with Crippen molar-refractivity contribution < 1.29 is 22.9 Å². The van der Waals surface area contributed by atoms with Gasteiger partial charge in [-0.05, 0) is 54.6 Å². The summed E-state index contributed by atoms with van der Waals surface area (Å²) < 4.78 is 34.0. The van der Waals surface area contributed by atoms with Crippen molar-refractivity contribution in [2.45, 2.75) is 4.90 Å². The molecular formula is C30H24N4O6S. The molecule has 6 rings (SSSR count). The van der Waals surface area contributed by atoms with E-state index in [1.54, 1.807) is 18.2 Å². The number of fused-ring (bicyclic) bond motifs is 2. The van der Waals surface area contributed by atoms with Gasteiger partial charge in [-0.25, -0.2) is 12.4 Å². The van der Waals surface area contributed by atoms with E-state index in [0.29, 0.717) is 48.3 Å². The number of allylic oxidation sites excluding steroid dienone is 1. The van der Waals surface area contributed by atoms with Gasteiger partial charge in [-0.3, -0.25) is 19.9 Å². The Hall–Kier alpha value is -4.87. The van der Waals surface area contributed by atoms with Gasteiger partial charge in [0.15, 0.2) is 5.78 Å². The molecule has 0 N–H and O–H groups in total. The highest BCUT2D eigenvalue weighted by Gasteiger charge is 2.23. The van der Waals surface area contributed by atoms with Crippen LogP contribution in [0.15, 0.2) is 96.2 Å². The van der Waals surface area contributed by atoms with E-state index in [9.17, 15) is 23.3 Å². The molecule has 3 heterocycles. The van der Waals surface area contributed by atoms with Gasteiger partial charge in [-0.1, -0.05) is 18.2 Å². The number of carbonyl (C=O) groups is 1. The van der Waals surface area contributed by atoms with Gasteiger partial charge in [-0.2, -0.15) is 0 Å². The minimum atomic E-state index is -4.11. The number of hydrogen-bond acceptors (Lipinski definition) is 8. The average Bonchev–Trinajstić information content (AvgIpc) is 3.38. The first-order valence-corrected chi connectivity index (χ1v) is 14.3. The maximum Gasteiger partial charge on any atom is 0.269 e. The molecule has 11 heteroatoms. The molecule has 41 heavy (non-hydrogen) atoms. The minimum absolute atomic E-state index is 0.0916. The fourth-order valence-electron chi connectivity index (χ4n) is 4.88. The Bertz CT molecular complexity index is 1940. The van der Waals surface area contributed by atoms with Crippen molar-refractivity contribution in [1.29, 1.82) is 0 Å². The zero-order valence-electron chi connectivity index (χ0n) is 21.7. The number of para-hydroxylation sites is 1. The van der Waals surface area contributed by atoms with Crippen molar-refractivity contribution >= 4 is 55.1 Å². The number of anilines is 1. The number of ether oxygens (including phenoxy) is 1. The number of benzene rings is 3. The number of morpholine rings is 1. The zero-order valence-corrected chi connectivity index (χ0v) is 22.5. The fraction of sp³-hybridized carbons (Fsp3) is 0.133. The summed E-state index contributed by atoms with van der Waals surface area (Å²) in [5.41, 5.74) is 2.84. The van der Waals surface area contributed by atoms with E-state index in [-0.39, 0.29) is 16.4 Å². The first-order valence-electron chi connectivity index (χ1n) is 12.9. The Balaban J connectivity index is 1.42. The van der Waals surface area contributed by atoms with Crippen molar-refractivity contribution in [2.75, 3.05) is 31.2 Å². The van der Waals surface area contributed by atoms with Crippen molar-refractivity contribution in [3.05, 3.63) is 113 Å². The number of hydrogen-bond donors (Lipinski definition) is 0. The van der Waals surface area contributed by atoms with Gasteiger partial charge in [0.25, 0.3) is 15.7 Å². The number of nitro benzene ring substituents is 1. The molecule has 1 fully saturated rings. The van der Waals surface area contributed by atoms with Crippen molar-refractivity contribution in [3.63, 3.8) is 0 Å². The second kappa shape index (κ2) is 10.6. The highest BCUT2D eigenvalue weighted by Crippen LogP contribution is 2.31. The van der Waals surface area contributed by atoms with Crippen LogP contribution in [-0.2, 0) is 14.8 Å². The summed E-state index contributed by atoms with van der Waals surface area (Å²) >= 11 is 0. The van der Waals surface area contributed by atoms with Gasteiger partial charge in [0.05, 0.1) is 34.1 Å². The summed E-state index contributed by atoms with van der Waals surface area (Å²) in [6, 6.07) is 19.5. The molecule has 0 unspecified atom stereocenters. The van der Waals surface area contributed by atoms with Crippen molar-refractivity contribution in [2.24, 2.45) is 0 Å². The zero-order chi connectivity index (χ0) is 28.6. The molecule has 0 bridgehead atoms. The van der Waals surface area contributed by atoms with Crippen LogP contribution < -0.4 is 4.90 Å². The predicted molar refractivity (Wildman–Crippen MR) is 156 cm³/mol. The minimum Gasteiger partial charge on any atom is -0.378 e. The summed E-state index contributed by atoms with van der Waals surface area (Å²) in [7, 11) is -4.11. The topological polar surface area (TPSA) is 125 Å². The van der Waals surface area contributed by atoms with Gasteiger partial charge >= 0.3 is 0 Å². The molecule has 206 valence electrons. The summed E-state index contributed by atoms with van der Waals surface area (Å²) in [4.78, 5) is 30.0. The van der Waals surface area contributed by atoms with Crippen LogP contribution in [0.2, 0.25) is 0 Å². The molecular weight excluding hydrogens is 544 g/mol. The Morgan fingerprint density at radius 1 is 1.00 bits per heavy atom. The molecule has 1 saturated heterocycles. The summed E-state index contributed by atoms with van der Waals surface area (Å²) in [5.74, 6) is -0.272. The van der Waals surface area contributed by atoms with E-state index in [2.05, 4.69) is 9.88 Å². The van der Waals surface area contributed by atoms with Gasteiger partial charge in [-0.15, -0.1) is 0 Å². The monoisotopic (exact) mass is 568 g/mol. The molecule has 0 amide bonds. The third-order valence-electron chi connectivity index (χ3n) is 7.05. The lowest BCUT2D eigenvalue weighted by Crippen LogP contribution is -2.36. The summed E-state index contributed by atoms with van der Waals surface area (Å²) in [6.07, 6.45) is 6.00. The highest BCUT2D eigenvalue weighted by atomic mass is 32.2. The Kier molecular flexibility index (Phi) is 6.82. The molecule has 2 aromatic heterocycles. The van der Waals surface area contributed by atoms with Crippen LogP contribution >= 0.6 is 0 Å². The van der Waals surface area contributed by atoms with Crippen LogP contribution in [0.25, 0.3) is 27.9 Å². The molecule has 1 aliphatic heterocycles. The van der Waals surface area contributed by atoms with Crippen LogP contribution in [-0.4, -0.2) is 54.4 Å². The highest BCUT2D eigenvalue weighted by molar-refractivity contribution is 7.90. The molecule has 0 radical (unpaired) electrons. The van der Waals surface area contributed by atoms with E-state index < -0.39 is 14.9 Å². The maximum absolute atomic E-state index is 13.7. The quantitative estimate of drug-likeness (QED) is 0.115. The van der Waals surface area contributed by atoms with E-state index in [0.717, 1.165) is 32.7 Å². The molecule has 5 aromatic rings. The number of nitro groups is 1. The SMILES string of the molecule is O=C(/C=C/c1cn(S(=O)(=O)c2ccc([N+](=O)[O-])cc2)c2ccc(N3CCOCC3)cc12)c1cnc2ccccc2c1. The van der Waals surface area contributed by atoms with Crippen LogP contribution in [0.1, 0.15) is 15.9 Å². The Morgan fingerprint density at radius 3 is 2.51 bits per heavy atom. The Labute approximate surface area is 235 Å². The smallest absolute Gasteiger partial charge is 0.269 e. The number of carbonyl (C=O) groups excluding carboxylic acids is 1. The second-order valence-corrected chi connectivity index (χ2v) is 11.4. The molecule has 1 aliphatic rings.